The molecule has 1 aliphatic rings. The average molecular weight is 367 g/mol. The van der Waals surface area contributed by atoms with E-state index < -0.39 is 0 Å². The molecular weight excluding hydrogens is 338 g/mol. The van der Waals surface area contributed by atoms with E-state index in [0.717, 1.165) is 47.8 Å². The van der Waals surface area contributed by atoms with Crippen LogP contribution in [0.3, 0.4) is 0 Å². The highest BCUT2D eigenvalue weighted by Gasteiger charge is 2.17. The first kappa shape index (κ1) is 19.4. The predicted octanol–water partition coefficient (Wildman–Crippen LogP) is 3.58. The number of aryl methyl sites for hydroxylation is 1. The molecular formula is C22H29N3O2. The van der Waals surface area contributed by atoms with Gasteiger partial charge in [-0.25, -0.2) is 0 Å². The van der Waals surface area contributed by atoms with Gasteiger partial charge in [0.1, 0.15) is 5.75 Å². The van der Waals surface area contributed by atoms with E-state index in [9.17, 15) is 4.79 Å². The van der Waals surface area contributed by atoms with Crippen molar-refractivity contribution in [2.24, 2.45) is 0 Å². The van der Waals surface area contributed by atoms with E-state index in [-0.39, 0.29) is 5.91 Å². The third kappa shape index (κ3) is 4.48. The monoisotopic (exact) mass is 367 g/mol. The molecule has 5 nitrogen and oxygen atoms in total. The number of likely N-dealkylation sites (tertiary alicyclic amines) is 1. The van der Waals surface area contributed by atoms with Crippen LogP contribution in [0, 0.1) is 13.8 Å². The second-order valence-corrected chi connectivity index (χ2v) is 7.39. The number of amides is 1. The lowest BCUT2D eigenvalue weighted by atomic mass is 10.1. The predicted molar refractivity (Wildman–Crippen MR) is 107 cm³/mol. The maximum absolute atomic E-state index is 12.9. The normalized spacial score (nSPS) is 14.4. The van der Waals surface area contributed by atoms with E-state index in [1.165, 1.54) is 18.4 Å². The van der Waals surface area contributed by atoms with Gasteiger partial charge in [0.05, 0.1) is 19.3 Å². The highest BCUT2D eigenvalue weighted by molar-refractivity contribution is 5.94. The number of rotatable bonds is 6. The number of nitrogens with zero attached hydrogens (tertiary/aromatic N) is 3. The van der Waals surface area contributed by atoms with Crippen molar-refractivity contribution in [3.05, 3.63) is 58.4 Å². The molecule has 2 aromatic rings. The average Bonchev–Trinajstić information content (AvgIpc) is 3.17. The smallest absolute Gasteiger partial charge is 0.253 e. The molecule has 3 rings (SSSR count). The summed E-state index contributed by atoms with van der Waals surface area (Å²) in [6.45, 7) is 7.64. The van der Waals surface area contributed by atoms with Gasteiger partial charge in [0.15, 0.2) is 0 Å². The van der Waals surface area contributed by atoms with E-state index in [0.29, 0.717) is 6.54 Å². The number of ether oxygens (including phenoxy) is 1. The Bertz CT molecular complexity index is 813. The number of pyridine rings is 1. The van der Waals surface area contributed by atoms with Gasteiger partial charge in [-0.15, -0.1) is 0 Å². The third-order valence-corrected chi connectivity index (χ3v) is 5.26. The SMILES string of the molecule is COc1c(C)cnc(CN(C)C(=O)c2cccc(CN3CCCC3)c2)c1C. The molecule has 1 aromatic heterocycles. The number of carbonyl (C=O) groups is 1. The maximum Gasteiger partial charge on any atom is 0.253 e. The Hall–Kier alpha value is -2.40. The van der Waals surface area contributed by atoms with Crippen molar-refractivity contribution >= 4 is 5.91 Å². The second-order valence-electron chi connectivity index (χ2n) is 7.39. The van der Waals surface area contributed by atoms with Crippen LogP contribution in [0.25, 0.3) is 0 Å². The van der Waals surface area contributed by atoms with Crippen LogP contribution in [0.4, 0.5) is 0 Å². The molecule has 0 bridgehead atoms. The van der Waals surface area contributed by atoms with E-state index in [2.05, 4.69) is 16.0 Å². The van der Waals surface area contributed by atoms with Crippen LogP contribution < -0.4 is 4.74 Å². The minimum Gasteiger partial charge on any atom is -0.496 e. The van der Waals surface area contributed by atoms with Crippen LogP contribution in [-0.2, 0) is 13.1 Å². The number of methoxy groups -OCH3 is 1. The van der Waals surface area contributed by atoms with Crippen LogP contribution in [0.5, 0.6) is 5.75 Å². The Balaban J connectivity index is 1.72. The van der Waals surface area contributed by atoms with E-state index in [1.54, 1.807) is 18.2 Å². The molecule has 144 valence electrons. The molecule has 0 atom stereocenters. The Kier molecular flexibility index (Phi) is 6.11. The first-order valence-electron chi connectivity index (χ1n) is 9.55. The first-order chi connectivity index (χ1) is 13.0. The first-order valence-corrected chi connectivity index (χ1v) is 9.55. The molecule has 0 spiro atoms. The quantitative estimate of drug-likeness (QED) is 0.783. The van der Waals surface area contributed by atoms with Gasteiger partial charge in [-0.1, -0.05) is 12.1 Å². The van der Waals surface area contributed by atoms with Gasteiger partial charge in [0.25, 0.3) is 5.91 Å². The number of hydrogen-bond donors (Lipinski definition) is 0. The molecule has 1 aliphatic heterocycles. The zero-order valence-electron chi connectivity index (χ0n) is 16.8. The molecule has 0 saturated carbocycles. The van der Waals surface area contributed by atoms with E-state index >= 15 is 0 Å². The summed E-state index contributed by atoms with van der Waals surface area (Å²) in [6.07, 6.45) is 4.34. The summed E-state index contributed by atoms with van der Waals surface area (Å²) in [5.74, 6) is 0.854. The zero-order valence-corrected chi connectivity index (χ0v) is 16.8. The molecule has 0 aliphatic carbocycles. The van der Waals surface area contributed by atoms with Gasteiger partial charge in [-0.2, -0.15) is 0 Å². The lowest BCUT2D eigenvalue weighted by molar-refractivity contribution is 0.0783. The maximum atomic E-state index is 12.9. The number of carbonyl (C=O) groups excluding carboxylic acids is 1. The molecule has 1 aromatic carbocycles. The van der Waals surface area contributed by atoms with Gasteiger partial charge < -0.3 is 9.64 Å². The molecule has 2 heterocycles. The van der Waals surface area contributed by atoms with Crippen molar-refractivity contribution in [1.82, 2.24) is 14.8 Å². The van der Waals surface area contributed by atoms with E-state index in [4.69, 9.17) is 4.74 Å². The van der Waals surface area contributed by atoms with Gasteiger partial charge >= 0.3 is 0 Å². The summed E-state index contributed by atoms with van der Waals surface area (Å²) in [7, 11) is 3.49. The molecule has 1 fully saturated rings. The van der Waals surface area contributed by atoms with Crippen LogP contribution >= 0.6 is 0 Å². The lowest BCUT2D eigenvalue weighted by Crippen LogP contribution is -2.27. The Morgan fingerprint density at radius 1 is 1.26 bits per heavy atom. The van der Waals surface area contributed by atoms with Crippen LogP contribution in [0.2, 0.25) is 0 Å². The molecule has 0 unspecified atom stereocenters. The summed E-state index contributed by atoms with van der Waals surface area (Å²) in [6, 6.07) is 7.99. The minimum absolute atomic E-state index is 0.0130. The second kappa shape index (κ2) is 8.53. The van der Waals surface area contributed by atoms with Crippen molar-refractivity contribution in [1.29, 1.82) is 0 Å². The molecule has 1 amide bonds. The van der Waals surface area contributed by atoms with Gasteiger partial charge in [-0.3, -0.25) is 14.7 Å². The largest absolute Gasteiger partial charge is 0.496 e. The molecule has 0 N–H and O–H groups in total. The van der Waals surface area contributed by atoms with E-state index in [1.807, 2.05) is 39.1 Å². The minimum atomic E-state index is 0.0130. The fraction of sp³-hybridized carbons (Fsp3) is 0.455. The standard InChI is InChI=1S/C22H29N3O2/c1-16-13-23-20(17(2)21(16)27-4)15-24(3)22(26)19-9-7-8-18(12-19)14-25-10-5-6-11-25/h7-9,12-13H,5-6,10-11,14-15H2,1-4H3. The summed E-state index contributed by atoms with van der Waals surface area (Å²) in [5, 5.41) is 0. The Labute approximate surface area is 162 Å². The third-order valence-electron chi connectivity index (χ3n) is 5.26. The van der Waals surface area contributed by atoms with Crippen LogP contribution in [0.15, 0.2) is 30.5 Å². The molecule has 5 heteroatoms. The van der Waals surface area contributed by atoms with Gasteiger partial charge in [0.2, 0.25) is 0 Å². The topological polar surface area (TPSA) is 45.7 Å². The Morgan fingerprint density at radius 2 is 2.00 bits per heavy atom. The van der Waals surface area contributed by atoms with Crippen molar-refractivity contribution in [3.8, 4) is 5.75 Å². The van der Waals surface area contributed by atoms with Crippen molar-refractivity contribution < 1.29 is 9.53 Å². The van der Waals surface area contributed by atoms with Crippen LogP contribution in [-0.4, -0.2) is 47.9 Å². The van der Waals surface area contributed by atoms with Crippen LogP contribution in [0.1, 0.15) is 45.6 Å². The zero-order chi connectivity index (χ0) is 19.4. The highest BCUT2D eigenvalue weighted by Crippen LogP contribution is 2.25. The fourth-order valence-electron chi connectivity index (χ4n) is 3.75. The van der Waals surface area contributed by atoms with Gasteiger partial charge in [0, 0.05) is 36.5 Å². The van der Waals surface area contributed by atoms with Crippen molar-refractivity contribution in [2.45, 2.75) is 39.8 Å². The molecule has 27 heavy (non-hydrogen) atoms. The number of benzene rings is 1. The molecule has 1 saturated heterocycles. The highest BCUT2D eigenvalue weighted by atomic mass is 16.5. The summed E-state index contributed by atoms with van der Waals surface area (Å²) in [4.78, 5) is 21.6. The van der Waals surface area contributed by atoms with Crippen molar-refractivity contribution in [3.63, 3.8) is 0 Å². The number of aromatic nitrogens is 1. The van der Waals surface area contributed by atoms with Crippen molar-refractivity contribution in [2.75, 3.05) is 27.2 Å². The molecule has 0 radical (unpaired) electrons. The lowest BCUT2D eigenvalue weighted by Gasteiger charge is -2.20. The fourth-order valence-corrected chi connectivity index (χ4v) is 3.75. The summed E-state index contributed by atoms with van der Waals surface area (Å²) >= 11 is 0. The van der Waals surface area contributed by atoms with Gasteiger partial charge in [-0.05, 0) is 57.5 Å². The summed E-state index contributed by atoms with van der Waals surface area (Å²) < 4.78 is 5.47. The Morgan fingerprint density at radius 3 is 2.70 bits per heavy atom. The number of hydrogen-bond acceptors (Lipinski definition) is 4. The summed E-state index contributed by atoms with van der Waals surface area (Å²) in [5.41, 5.74) is 4.78.